The van der Waals surface area contributed by atoms with E-state index in [1.807, 2.05) is 13.0 Å². The number of H-pyrrole nitrogens is 1. The minimum Gasteiger partial charge on any atom is -0.394 e. The highest BCUT2D eigenvalue weighted by Gasteiger charge is 2.19. The van der Waals surface area contributed by atoms with E-state index in [0.717, 1.165) is 5.69 Å². The molecule has 0 radical (unpaired) electrons. The Morgan fingerprint density at radius 3 is 2.80 bits per heavy atom. The van der Waals surface area contributed by atoms with Gasteiger partial charge >= 0.3 is 0 Å². The lowest BCUT2D eigenvalue weighted by Gasteiger charge is -2.23. The molecule has 0 aliphatic heterocycles. The molecule has 0 aliphatic carbocycles. The number of aliphatic hydroxyl groups excluding tert-OH is 1. The predicted octanol–water partition coefficient (Wildman–Crippen LogP) is 0.148. The molecule has 0 saturated heterocycles. The zero-order valence-corrected chi connectivity index (χ0v) is 9.29. The van der Waals surface area contributed by atoms with Gasteiger partial charge in [-0.3, -0.25) is 9.89 Å². The fourth-order valence-corrected chi connectivity index (χ4v) is 1.19. The molecule has 0 fully saturated rings. The van der Waals surface area contributed by atoms with Crippen molar-refractivity contribution in [2.75, 3.05) is 6.61 Å². The van der Waals surface area contributed by atoms with Crippen molar-refractivity contribution in [3.05, 3.63) is 17.5 Å². The molecule has 0 saturated carbocycles. The summed E-state index contributed by atoms with van der Waals surface area (Å²) >= 11 is 0. The highest BCUT2D eigenvalue weighted by atomic mass is 16.3. The van der Waals surface area contributed by atoms with Gasteiger partial charge in [0.15, 0.2) is 0 Å². The van der Waals surface area contributed by atoms with E-state index in [1.165, 1.54) is 0 Å². The monoisotopic (exact) mass is 211 g/mol. The molecular weight excluding hydrogens is 194 g/mol. The average Bonchev–Trinajstić information content (AvgIpc) is 2.50. The normalized spacial score (nSPS) is 11.5. The summed E-state index contributed by atoms with van der Waals surface area (Å²) in [6.45, 7) is 5.33. The molecule has 1 rings (SSSR count). The van der Waals surface area contributed by atoms with Crippen molar-refractivity contribution in [3.8, 4) is 0 Å². The molecule has 0 spiro atoms. The van der Waals surface area contributed by atoms with Crippen LogP contribution in [0.25, 0.3) is 0 Å². The first kappa shape index (κ1) is 11.7. The highest BCUT2D eigenvalue weighted by Crippen LogP contribution is 2.03. The molecule has 1 amide bonds. The van der Waals surface area contributed by atoms with Crippen LogP contribution in [0.3, 0.4) is 0 Å². The second-order valence-electron chi connectivity index (χ2n) is 4.31. The lowest BCUT2D eigenvalue weighted by Crippen LogP contribution is -2.46. The summed E-state index contributed by atoms with van der Waals surface area (Å²) < 4.78 is 0. The average molecular weight is 211 g/mol. The van der Waals surface area contributed by atoms with E-state index in [4.69, 9.17) is 5.11 Å². The number of aryl methyl sites for hydroxylation is 1. The SMILES string of the molecule is Cc1cc(CC(=O)NC(C)(C)CO)n[nH]1. The van der Waals surface area contributed by atoms with Crippen molar-refractivity contribution in [1.29, 1.82) is 0 Å². The van der Waals surface area contributed by atoms with Gasteiger partial charge in [0, 0.05) is 5.69 Å². The van der Waals surface area contributed by atoms with E-state index >= 15 is 0 Å². The van der Waals surface area contributed by atoms with E-state index < -0.39 is 5.54 Å². The summed E-state index contributed by atoms with van der Waals surface area (Å²) in [6.07, 6.45) is 0.230. The van der Waals surface area contributed by atoms with E-state index in [2.05, 4.69) is 15.5 Å². The summed E-state index contributed by atoms with van der Waals surface area (Å²) in [4.78, 5) is 11.5. The summed E-state index contributed by atoms with van der Waals surface area (Å²) in [7, 11) is 0. The smallest absolute Gasteiger partial charge is 0.226 e. The van der Waals surface area contributed by atoms with Gasteiger partial charge in [0.05, 0.1) is 24.3 Å². The van der Waals surface area contributed by atoms with Crippen molar-refractivity contribution >= 4 is 5.91 Å². The molecule has 0 aromatic carbocycles. The van der Waals surface area contributed by atoms with Crippen LogP contribution in [0.4, 0.5) is 0 Å². The van der Waals surface area contributed by atoms with Gasteiger partial charge in [0.2, 0.25) is 5.91 Å². The first-order chi connectivity index (χ1) is 6.93. The summed E-state index contributed by atoms with van der Waals surface area (Å²) in [5.74, 6) is -0.138. The number of carbonyl (C=O) groups excluding carboxylic acids is 1. The Balaban J connectivity index is 2.50. The largest absolute Gasteiger partial charge is 0.394 e. The summed E-state index contributed by atoms with van der Waals surface area (Å²) in [5.41, 5.74) is 1.06. The zero-order valence-electron chi connectivity index (χ0n) is 9.29. The lowest BCUT2D eigenvalue weighted by molar-refractivity contribution is -0.122. The Kier molecular flexibility index (Phi) is 3.47. The zero-order chi connectivity index (χ0) is 11.5. The Morgan fingerprint density at radius 1 is 1.67 bits per heavy atom. The third kappa shape index (κ3) is 3.71. The van der Waals surface area contributed by atoms with Gasteiger partial charge in [-0.15, -0.1) is 0 Å². The number of hydrogen-bond acceptors (Lipinski definition) is 3. The molecule has 5 nitrogen and oxygen atoms in total. The third-order valence-corrected chi connectivity index (χ3v) is 1.97. The second kappa shape index (κ2) is 4.44. The summed E-state index contributed by atoms with van der Waals surface area (Å²) in [6, 6.07) is 1.82. The molecule has 1 aromatic heterocycles. The van der Waals surface area contributed by atoms with Crippen LogP contribution in [-0.4, -0.2) is 33.4 Å². The van der Waals surface area contributed by atoms with E-state index in [1.54, 1.807) is 13.8 Å². The topological polar surface area (TPSA) is 78.0 Å². The first-order valence-corrected chi connectivity index (χ1v) is 4.86. The molecule has 84 valence electrons. The third-order valence-electron chi connectivity index (χ3n) is 1.97. The number of aromatic amines is 1. The Labute approximate surface area is 88.9 Å². The molecule has 3 N–H and O–H groups in total. The fourth-order valence-electron chi connectivity index (χ4n) is 1.19. The molecule has 1 heterocycles. The van der Waals surface area contributed by atoms with Gasteiger partial charge in [-0.25, -0.2) is 0 Å². The summed E-state index contributed by atoms with van der Waals surface area (Å²) in [5, 5.41) is 18.4. The molecule has 5 heteroatoms. The van der Waals surface area contributed by atoms with E-state index in [-0.39, 0.29) is 18.9 Å². The van der Waals surface area contributed by atoms with Crippen molar-refractivity contribution in [2.45, 2.75) is 32.7 Å². The lowest BCUT2D eigenvalue weighted by atomic mass is 10.1. The second-order valence-corrected chi connectivity index (χ2v) is 4.31. The van der Waals surface area contributed by atoms with E-state index in [9.17, 15) is 4.79 Å². The molecule has 0 aliphatic rings. The quantitative estimate of drug-likeness (QED) is 0.663. The maximum Gasteiger partial charge on any atom is 0.226 e. The fraction of sp³-hybridized carbons (Fsp3) is 0.600. The van der Waals surface area contributed by atoms with Crippen LogP contribution in [-0.2, 0) is 11.2 Å². The van der Waals surface area contributed by atoms with Crippen LogP contribution in [0.5, 0.6) is 0 Å². The standard InChI is InChI=1S/C10H17N3O2/c1-7-4-8(13-12-7)5-9(15)11-10(2,3)6-14/h4,14H,5-6H2,1-3H3,(H,11,15)(H,12,13). The number of amides is 1. The number of aliphatic hydroxyl groups is 1. The Hall–Kier alpha value is -1.36. The molecule has 15 heavy (non-hydrogen) atoms. The molecule has 0 unspecified atom stereocenters. The van der Waals surface area contributed by atoms with Crippen LogP contribution in [0.2, 0.25) is 0 Å². The van der Waals surface area contributed by atoms with Gasteiger partial charge in [0.1, 0.15) is 0 Å². The number of aromatic nitrogens is 2. The molecular formula is C10H17N3O2. The predicted molar refractivity (Wildman–Crippen MR) is 56.3 cm³/mol. The van der Waals surface area contributed by atoms with Crippen LogP contribution in [0.1, 0.15) is 25.2 Å². The number of hydrogen-bond donors (Lipinski definition) is 3. The first-order valence-electron chi connectivity index (χ1n) is 4.86. The van der Waals surface area contributed by atoms with Crippen LogP contribution < -0.4 is 5.32 Å². The maximum atomic E-state index is 11.5. The highest BCUT2D eigenvalue weighted by molar-refractivity contribution is 5.78. The van der Waals surface area contributed by atoms with Gasteiger partial charge < -0.3 is 10.4 Å². The minimum absolute atomic E-state index is 0.0850. The number of carbonyl (C=O) groups is 1. The molecule has 1 aromatic rings. The minimum atomic E-state index is -0.581. The molecule has 0 bridgehead atoms. The van der Waals surface area contributed by atoms with Crippen LogP contribution in [0.15, 0.2) is 6.07 Å². The number of nitrogens with one attached hydrogen (secondary N) is 2. The van der Waals surface area contributed by atoms with Gasteiger partial charge in [-0.2, -0.15) is 5.10 Å². The van der Waals surface area contributed by atoms with Crippen LogP contribution in [0, 0.1) is 6.92 Å². The van der Waals surface area contributed by atoms with Crippen molar-refractivity contribution < 1.29 is 9.90 Å². The van der Waals surface area contributed by atoms with Gasteiger partial charge in [0.25, 0.3) is 0 Å². The van der Waals surface area contributed by atoms with Gasteiger partial charge in [-0.05, 0) is 26.8 Å². The number of nitrogens with zero attached hydrogens (tertiary/aromatic N) is 1. The van der Waals surface area contributed by atoms with Crippen molar-refractivity contribution in [1.82, 2.24) is 15.5 Å². The Bertz CT molecular complexity index is 344. The Morgan fingerprint density at radius 2 is 2.33 bits per heavy atom. The van der Waals surface area contributed by atoms with Crippen molar-refractivity contribution in [2.24, 2.45) is 0 Å². The molecule has 0 atom stereocenters. The van der Waals surface area contributed by atoms with Gasteiger partial charge in [-0.1, -0.05) is 0 Å². The maximum absolute atomic E-state index is 11.5. The number of rotatable bonds is 4. The van der Waals surface area contributed by atoms with Crippen LogP contribution >= 0.6 is 0 Å². The van der Waals surface area contributed by atoms with E-state index in [0.29, 0.717) is 5.69 Å². The van der Waals surface area contributed by atoms with Crippen molar-refractivity contribution in [3.63, 3.8) is 0 Å².